The molecule has 0 saturated carbocycles. The van der Waals surface area contributed by atoms with Crippen LogP contribution >= 0.6 is 0 Å². The first-order valence-corrected chi connectivity index (χ1v) is 4.95. The van der Waals surface area contributed by atoms with Crippen LogP contribution in [0, 0.1) is 0 Å². The van der Waals surface area contributed by atoms with Crippen molar-refractivity contribution in [1.82, 2.24) is 10.2 Å². The highest BCUT2D eigenvalue weighted by atomic mass is 16.4. The fourth-order valence-corrected chi connectivity index (χ4v) is 1.50. The number of carboxylic acids is 1. The molecule has 0 saturated heterocycles. The number of anilines is 1. The number of aromatic nitrogens is 2. The minimum atomic E-state index is -1.02. The maximum Gasteiger partial charge on any atom is 0.339 e. The SMILES string of the molecule is CN(Cc1ccoc1)c1nnccc1C(=O)O. The van der Waals surface area contributed by atoms with Crippen LogP contribution in [0.5, 0.6) is 0 Å². The molecule has 0 amide bonds. The number of nitrogens with zero attached hydrogens (tertiary/aromatic N) is 3. The lowest BCUT2D eigenvalue weighted by Crippen LogP contribution is -2.21. The van der Waals surface area contributed by atoms with Crippen molar-refractivity contribution in [1.29, 1.82) is 0 Å². The largest absolute Gasteiger partial charge is 0.478 e. The molecule has 0 aliphatic rings. The molecule has 0 spiro atoms. The summed E-state index contributed by atoms with van der Waals surface area (Å²) in [5, 5.41) is 16.6. The monoisotopic (exact) mass is 233 g/mol. The highest BCUT2D eigenvalue weighted by Crippen LogP contribution is 2.17. The zero-order valence-electron chi connectivity index (χ0n) is 9.20. The zero-order valence-corrected chi connectivity index (χ0v) is 9.20. The van der Waals surface area contributed by atoms with Crippen LogP contribution in [0.3, 0.4) is 0 Å². The second-order valence-electron chi connectivity index (χ2n) is 3.56. The molecule has 0 aromatic carbocycles. The molecule has 88 valence electrons. The van der Waals surface area contributed by atoms with Crippen LogP contribution in [0.1, 0.15) is 15.9 Å². The summed E-state index contributed by atoms with van der Waals surface area (Å²) in [5.41, 5.74) is 1.07. The molecule has 6 nitrogen and oxygen atoms in total. The van der Waals surface area contributed by atoms with Gasteiger partial charge in [0, 0.05) is 19.2 Å². The third-order valence-corrected chi connectivity index (χ3v) is 2.29. The van der Waals surface area contributed by atoms with Gasteiger partial charge >= 0.3 is 5.97 Å². The first kappa shape index (κ1) is 11.1. The standard InChI is InChI=1S/C11H11N3O3/c1-14(6-8-3-5-17-7-8)10-9(11(15)16)2-4-12-13-10/h2-5,7H,6H2,1H3,(H,15,16). The van der Waals surface area contributed by atoms with E-state index in [1.807, 2.05) is 6.07 Å². The summed E-state index contributed by atoms with van der Waals surface area (Å²) in [6, 6.07) is 3.24. The van der Waals surface area contributed by atoms with E-state index in [4.69, 9.17) is 9.52 Å². The molecule has 0 radical (unpaired) electrons. The van der Waals surface area contributed by atoms with Crippen molar-refractivity contribution in [2.75, 3.05) is 11.9 Å². The lowest BCUT2D eigenvalue weighted by atomic mass is 10.2. The lowest BCUT2D eigenvalue weighted by molar-refractivity contribution is 0.0697. The number of aromatic carboxylic acids is 1. The molecule has 17 heavy (non-hydrogen) atoms. The summed E-state index contributed by atoms with van der Waals surface area (Å²) < 4.78 is 4.95. The molecule has 2 aromatic rings. The van der Waals surface area contributed by atoms with Crippen molar-refractivity contribution in [2.45, 2.75) is 6.54 Å². The van der Waals surface area contributed by atoms with Crippen LogP contribution in [-0.4, -0.2) is 28.3 Å². The molecule has 1 N–H and O–H groups in total. The summed E-state index contributed by atoms with van der Waals surface area (Å²) in [7, 11) is 1.75. The quantitative estimate of drug-likeness (QED) is 0.859. The van der Waals surface area contributed by atoms with Crippen LogP contribution < -0.4 is 4.90 Å². The Hall–Kier alpha value is -2.37. The molecule has 6 heteroatoms. The van der Waals surface area contributed by atoms with Crippen molar-refractivity contribution in [3.63, 3.8) is 0 Å². The predicted molar refractivity (Wildman–Crippen MR) is 59.8 cm³/mol. The van der Waals surface area contributed by atoms with Gasteiger partial charge in [-0.2, -0.15) is 5.10 Å². The number of carboxylic acid groups (broad SMARTS) is 1. The number of furan rings is 1. The molecule has 0 unspecified atom stereocenters. The maximum atomic E-state index is 11.0. The van der Waals surface area contributed by atoms with Gasteiger partial charge in [0.15, 0.2) is 5.82 Å². The molecule has 2 heterocycles. The number of hydrogen-bond acceptors (Lipinski definition) is 5. The van der Waals surface area contributed by atoms with E-state index in [1.165, 1.54) is 12.3 Å². The molecule has 0 atom stereocenters. The molecule has 0 fully saturated rings. The van der Waals surface area contributed by atoms with Crippen LogP contribution in [0.15, 0.2) is 35.3 Å². The van der Waals surface area contributed by atoms with Gasteiger partial charge in [0.1, 0.15) is 5.56 Å². The van der Waals surface area contributed by atoms with Crippen LogP contribution in [-0.2, 0) is 6.54 Å². The van der Waals surface area contributed by atoms with Gasteiger partial charge < -0.3 is 14.4 Å². The summed E-state index contributed by atoms with van der Waals surface area (Å²) in [6.07, 6.45) is 4.53. The van der Waals surface area contributed by atoms with E-state index in [0.29, 0.717) is 12.4 Å². The zero-order chi connectivity index (χ0) is 12.3. The molecule has 0 aliphatic heterocycles. The Morgan fingerprint density at radius 1 is 1.53 bits per heavy atom. The fourth-order valence-electron chi connectivity index (χ4n) is 1.50. The second kappa shape index (κ2) is 4.65. The van der Waals surface area contributed by atoms with E-state index in [-0.39, 0.29) is 5.56 Å². The summed E-state index contributed by atoms with van der Waals surface area (Å²) >= 11 is 0. The normalized spacial score (nSPS) is 10.2. The first-order chi connectivity index (χ1) is 8.18. The van der Waals surface area contributed by atoms with Gasteiger partial charge in [0.2, 0.25) is 0 Å². The number of carbonyl (C=O) groups is 1. The summed E-state index contributed by atoms with van der Waals surface area (Å²) in [4.78, 5) is 12.7. The smallest absolute Gasteiger partial charge is 0.339 e. The molecule has 0 bridgehead atoms. The van der Waals surface area contributed by atoms with Crippen LogP contribution in [0.2, 0.25) is 0 Å². The van der Waals surface area contributed by atoms with E-state index in [0.717, 1.165) is 5.56 Å². The number of hydrogen-bond donors (Lipinski definition) is 1. The maximum absolute atomic E-state index is 11.0. The van der Waals surface area contributed by atoms with Crippen LogP contribution in [0.4, 0.5) is 5.82 Å². The van der Waals surface area contributed by atoms with Gasteiger partial charge in [0.25, 0.3) is 0 Å². The van der Waals surface area contributed by atoms with Gasteiger partial charge in [-0.05, 0) is 12.1 Å². The molecule has 2 rings (SSSR count). The Morgan fingerprint density at radius 3 is 3.00 bits per heavy atom. The first-order valence-electron chi connectivity index (χ1n) is 4.95. The van der Waals surface area contributed by atoms with E-state index >= 15 is 0 Å². The van der Waals surface area contributed by atoms with Crippen molar-refractivity contribution >= 4 is 11.8 Å². The molecule has 0 aliphatic carbocycles. The average Bonchev–Trinajstić information content (AvgIpc) is 2.81. The minimum Gasteiger partial charge on any atom is -0.478 e. The van der Waals surface area contributed by atoms with Gasteiger partial charge in [-0.25, -0.2) is 4.79 Å². The third-order valence-electron chi connectivity index (χ3n) is 2.29. The lowest BCUT2D eigenvalue weighted by Gasteiger charge is -2.17. The Balaban J connectivity index is 2.24. The Bertz CT molecular complexity index is 510. The Morgan fingerprint density at radius 2 is 2.35 bits per heavy atom. The van der Waals surface area contributed by atoms with Crippen molar-refractivity contribution < 1.29 is 14.3 Å². The molecule has 2 aromatic heterocycles. The molecular formula is C11H11N3O3. The van der Waals surface area contributed by atoms with Crippen molar-refractivity contribution in [3.8, 4) is 0 Å². The van der Waals surface area contributed by atoms with Crippen LogP contribution in [0.25, 0.3) is 0 Å². The van der Waals surface area contributed by atoms with E-state index in [9.17, 15) is 4.79 Å². The highest BCUT2D eigenvalue weighted by molar-refractivity contribution is 5.92. The summed E-state index contributed by atoms with van der Waals surface area (Å²) in [6.45, 7) is 0.509. The van der Waals surface area contributed by atoms with Crippen molar-refractivity contribution in [3.05, 3.63) is 42.0 Å². The molecular weight excluding hydrogens is 222 g/mol. The third kappa shape index (κ3) is 2.41. The van der Waals surface area contributed by atoms with E-state index in [2.05, 4.69) is 10.2 Å². The summed E-state index contributed by atoms with van der Waals surface area (Å²) in [5.74, 6) is -0.685. The number of rotatable bonds is 4. The topological polar surface area (TPSA) is 79.5 Å². The van der Waals surface area contributed by atoms with Gasteiger partial charge in [-0.1, -0.05) is 0 Å². The Kier molecular flexibility index (Phi) is 3.04. The van der Waals surface area contributed by atoms with Gasteiger partial charge in [-0.3, -0.25) is 0 Å². The van der Waals surface area contributed by atoms with Gasteiger partial charge in [0.05, 0.1) is 18.7 Å². The fraction of sp³-hybridized carbons (Fsp3) is 0.182. The predicted octanol–water partition coefficient (Wildman–Crippen LogP) is 1.40. The van der Waals surface area contributed by atoms with E-state index < -0.39 is 5.97 Å². The Labute approximate surface area is 97.5 Å². The second-order valence-corrected chi connectivity index (χ2v) is 3.56. The minimum absolute atomic E-state index is 0.131. The van der Waals surface area contributed by atoms with Crippen molar-refractivity contribution in [2.24, 2.45) is 0 Å². The average molecular weight is 233 g/mol. The highest BCUT2D eigenvalue weighted by Gasteiger charge is 2.15. The van der Waals surface area contributed by atoms with E-state index in [1.54, 1.807) is 24.5 Å². The van der Waals surface area contributed by atoms with Gasteiger partial charge in [-0.15, -0.1) is 5.10 Å².